The van der Waals surface area contributed by atoms with Crippen molar-refractivity contribution in [2.24, 2.45) is 5.41 Å². The van der Waals surface area contributed by atoms with Crippen LogP contribution in [0.1, 0.15) is 25.3 Å². The standard InChI is InChI=1S/C23H30O6S/c1-3-23(13-14-4-5-16-17(12-14)28-11-10-27-16)8-6-15(7-9-23)21-19(25)18(24)20(26)22(29-21)30-2/h4-8,12,18-22,24-26H,3,9-11,13H2,1-2H3/t18-,19-,20+,21+,22-,23?/m1/s1. The summed E-state index contributed by atoms with van der Waals surface area (Å²) in [6.07, 6.45) is 6.59. The maximum Gasteiger partial charge on any atom is 0.161 e. The Kier molecular flexibility index (Phi) is 6.46. The van der Waals surface area contributed by atoms with E-state index in [0.29, 0.717) is 13.2 Å². The molecule has 0 bridgehead atoms. The molecule has 1 aromatic rings. The Balaban J connectivity index is 1.49. The fourth-order valence-electron chi connectivity index (χ4n) is 4.38. The molecule has 6 nitrogen and oxygen atoms in total. The van der Waals surface area contributed by atoms with Crippen LogP contribution >= 0.6 is 11.8 Å². The Morgan fingerprint density at radius 2 is 1.83 bits per heavy atom. The van der Waals surface area contributed by atoms with E-state index in [1.807, 2.05) is 18.4 Å². The van der Waals surface area contributed by atoms with Crippen LogP contribution in [0.3, 0.4) is 0 Å². The van der Waals surface area contributed by atoms with Gasteiger partial charge >= 0.3 is 0 Å². The van der Waals surface area contributed by atoms with Crippen molar-refractivity contribution in [2.45, 2.75) is 56.0 Å². The van der Waals surface area contributed by atoms with E-state index < -0.39 is 29.9 Å². The van der Waals surface area contributed by atoms with Crippen LogP contribution in [0.5, 0.6) is 11.5 Å². The van der Waals surface area contributed by atoms with Crippen molar-refractivity contribution in [3.8, 4) is 11.5 Å². The van der Waals surface area contributed by atoms with Crippen LogP contribution in [-0.2, 0) is 11.2 Å². The maximum atomic E-state index is 10.5. The number of aliphatic hydroxyl groups excluding tert-OH is 3. The Labute approximate surface area is 181 Å². The van der Waals surface area contributed by atoms with E-state index in [1.54, 1.807) is 0 Å². The molecule has 0 radical (unpaired) electrons. The summed E-state index contributed by atoms with van der Waals surface area (Å²) in [7, 11) is 0. The largest absolute Gasteiger partial charge is 0.486 e. The summed E-state index contributed by atoms with van der Waals surface area (Å²) >= 11 is 1.33. The minimum atomic E-state index is -1.23. The van der Waals surface area contributed by atoms with Gasteiger partial charge in [0.25, 0.3) is 0 Å². The van der Waals surface area contributed by atoms with Crippen LogP contribution < -0.4 is 9.47 Å². The first-order valence-corrected chi connectivity index (χ1v) is 11.8. The summed E-state index contributed by atoms with van der Waals surface area (Å²) in [6.45, 7) is 3.33. The van der Waals surface area contributed by atoms with Gasteiger partial charge in [-0.05, 0) is 54.2 Å². The molecule has 7 heteroatoms. The number of aliphatic hydroxyl groups is 3. The third-order valence-electron chi connectivity index (χ3n) is 6.37. The van der Waals surface area contributed by atoms with Gasteiger partial charge in [0, 0.05) is 0 Å². The van der Waals surface area contributed by atoms with Crippen molar-refractivity contribution in [1.29, 1.82) is 0 Å². The molecule has 3 aliphatic rings. The Hall–Kier alpha value is -1.51. The molecule has 0 saturated carbocycles. The van der Waals surface area contributed by atoms with Gasteiger partial charge in [-0.15, -0.1) is 11.8 Å². The molecule has 0 spiro atoms. The predicted molar refractivity (Wildman–Crippen MR) is 116 cm³/mol. The molecule has 1 aliphatic carbocycles. The third kappa shape index (κ3) is 4.14. The minimum Gasteiger partial charge on any atom is -0.486 e. The first-order valence-electron chi connectivity index (χ1n) is 10.5. The van der Waals surface area contributed by atoms with Gasteiger partial charge in [0.05, 0.1) is 0 Å². The molecule has 0 amide bonds. The maximum absolute atomic E-state index is 10.5. The number of benzene rings is 1. The van der Waals surface area contributed by atoms with Gasteiger partial charge < -0.3 is 29.5 Å². The molecule has 1 unspecified atom stereocenters. The molecule has 1 fully saturated rings. The van der Waals surface area contributed by atoms with Gasteiger partial charge in [-0.25, -0.2) is 0 Å². The van der Waals surface area contributed by atoms with Gasteiger partial charge in [0.2, 0.25) is 0 Å². The van der Waals surface area contributed by atoms with Crippen molar-refractivity contribution >= 4 is 11.8 Å². The Morgan fingerprint density at radius 1 is 1.07 bits per heavy atom. The molecule has 2 aliphatic heterocycles. The molecule has 3 N–H and O–H groups in total. The monoisotopic (exact) mass is 434 g/mol. The lowest BCUT2D eigenvalue weighted by molar-refractivity contribution is -0.186. The summed E-state index contributed by atoms with van der Waals surface area (Å²) in [4.78, 5) is 0. The highest BCUT2D eigenvalue weighted by molar-refractivity contribution is 7.99. The molecule has 6 atom stereocenters. The van der Waals surface area contributed by atoms with Crippen molar-refractivity contribution in [2.75, 3.05) is 19.5 Å². The SMILES string of the molecule is CCC1(Cc2ccc3c(c2)OCCO3)C=CC([C@@H]2O[C@H](SC)[C@@H](O)[C@H](O)[C@H]2O)=CC1. The van der Waals surface area contributed by atoms with Crippen LogP contribution in [0.2, 0.25) is 0 Å². The van der Waals surface area contributed by atoms with Gasteiger partial charge in [-0.2, -0.15) is 0 Å². The molecule has 2 heterocycles. The molecular weight excluding hydrogens is 404 g/mol. The van der Waals surface area contributed by atoms with Crippen LogP contribution in [0, 0.1) is 5.41 Å². The molecule has 4 rings (SSSR count). The summed E-state index contributed by atoms with van der Waals surface area (Å²) in [6, 6.07) is 6.13. The lowest BCUT2D eigenvalue weighted by atomic mass is 9.72. The summed E-state index contributed by atoms with van der Waals surface area (Å²) in [5.41, 5.74) is 1.43. The number of rotatable bonds is 5. The zero-order chi connectivity index (χ0) is 21.3. The van der Waals surface area contributed by atoms with Crippen LogP contribution in [-0.4, -0.2) is 64.6 Å². The molecule has 1 saturated heterocycles. The second kappa shape index (κ2) is 8.93. The lowest BCUT2D eigenvalue weighted by Gasteiger charge is -2.42. The smallest absolute Gasteiger partial charge is 0.161 e. The highest BCUT2D eigenvalue weighted by Gasteiger charge is 2.45. The second-order valence-electron chi connectivity index (χ2n) is 8.24. The summed E-state index contributed by atoms with van der Waals surface area (Å²) in [5, 5.41) is 30.8. The van der Waals surface area contributed by atoms with E-state index in [2.05, 4.69) is 31.2 Å². The molecule has 1 aromatic carbocycles. The molecule has 30 heavy (non-hydrogen) atoms. The molecular formula is C23H30O6S. The van der Waals surface area contributed by atoms with E-state index >= 15 is 0 Å². The van der Waals surface area contributed by atoms with Crippen molar-refractivity contribution in [3.05, 3.63) is 47.6 Å². The second-order valence-corrected chi connectivity index (χ2v) is 9.18. The minimum absolute atomic E-state index is 0.0378. The van der Waals surface area contributed by atoms with Gasteiger partial charge in [0.15, 0.2) is 11.5 Å². The van der Waals surface area contributed by atoms with Crippen molar-refractivity contribution in [3.63, 3.8) is 0 Å². The zero-order valence-corrected chi connectivity index (χ0v) is 18.2. The summed E-state index contributed by atoms with van der Waals surface area (Å²) < 4.78 is 17.2. The first-order chi connectivity index (χ1) is 14.5. The van der Waals surface area contributed by atoms with Gasteiger partial charge in [-0.3, -0.25) is 0 Å². The van der Waals surface area contributed by atoms with E-state index in [4.69, 9.17) is 14.2 Å². The normalized spacial score (nSPS) is 35.8. The molecule has 0 aromatic heterocycles. The summed E-state index contributed by atoms with van der Waals surface area (Å²) in [5.74, 6) is 1.60. The van der Waals surface area contributed by atoms with Gasteiger partial charge in [0.1, 0.15) is 43.1 Å². The number of thioether (sulfide) groups is 1. The first kappa shape index (κ1) is 21.7. The number of allylic oxidation sites excluding steroid dienone is 2. The highest BCUT2D eigenvalue weighted by Crippen LogP contribution is 2.41. The third-order valence-corrected chi connectivity index (χ3v) is 7.23. The van der Waals surface area contributed by atoms with E-state index in [9.17, 15) is 15.3 Å². The van der Waals surface area contributed by atoms with Crippen LogP contribution in [0.4, 0.5) is 0 Å². The van der Waals surface area contributed by atoms with Crippen molar-refractivity contribution < 1.29 is 29.5 Å². The van der Waals surface area contributed by atoms with Crippen LogP contribution in [0.25, 0.3) is 0 Å². The Morgan fingerprint density at radius 3 is 2.50 bits per heavy atom. The fraction of sp³-hybridized carbons (Fsp3) is 0.565. The van der Waals surface area contributed by atoms with Crippen LogP contribution in [0.15, 0.2) is 42.0 Å². The average molecular weight is 435 g/mol. The van der Waals surface area contributed by atoms with Gasteiger partial charge in [-0.1, -0.05) is 31.2 Å². The lowest BCUT2D eigenvalue weighted by Crippen LogP contribution is -2.56. The number of fused-ring (bicyclic) bond motifs is 1. The quantitative estimate of drug-likeness (QED) is 0.656. The van der Waals surface area contributed by atoms with E-state index in [-0.39, 0.29) is 5.41 Å². The highest BCUT2D eigenvalue weighted by atomic mass is 32.2. The number of ether oxygens (including phenoxy) is 3. The number of hydrogen-bond acceptors (Lipinski definition) is 7. The van der Waals surface area contributed by atoms with E-state index in [0.717, 1.165) is 36.3 Å². The zero-order valence-electron chi connectivity index (χ0n) is 17.4. The predicted octanol–water partition coefficient (Wildman–Crippen LogP) is 2.45. The topological polar surface area (TPSA) is 88.4 Å². The number of hydrogen-bond donors (Lipinski definition) is 3. The average Bonchev–Trinajstić information content (AvgIpc) is 2.78. The Bertz CT molecular complexity index is 822. The van der Waals surface area contributed by atoms with E-state index in [1.165, 1.54) is 17.3 Å². The van der Waals surface area contributed by atoms with Crippen molar-refractivity contribution in [1.82, 2.24) is 0 Å². The fourth-order valence-corrected chi connectivity index (χ4v) is 5.05. The molecule has 164 valence electrons.